The lowest BCUT2D eigenvalue weighted by atomic mass is 10.1. The van der Waals surface area contributed by atoms with Crippen molar-refractivity contribution in [3.8, 4) is 11.3 Å². The molecule has 0 aliphatic carbocycles. The summed E-state index contributed by atoms with van der Waals surface area (Å²) < 4.78 is 30.2. The van der Waals surface area contributed by atoms with E-state index < -0.39 is 10.0 Å². The van der Waals surface area contributed by atoms with Crippen LogP contribution in [0.4, 0.5) is 5.69 Å². The van der Waals surface area contributed by atoms with Gasteiger partial charge in [-0.1, -0.05) is 28.1 Å². The van der Waals surface area contributed by atoms with Gasteiger partial charge in [0, 0.05) is 33.5 Å². The minimum absolute atomic E-state index is 0.217. The first-order valence-electron chi connectivity index (χ1n) is 7.32. The summed E-state index contributed by atoms with van der Waals surface area (Å²) >= 11 is 4.87. The number of halogens is 1. The third-order valence-corrected chi connectivity index (χ3v) is 6.35. The van der Waals surface area contributed by atoms with Crippen LogP contribution < -0.4 is 4.72 Å². The molecule has 0 saturated carbocycles. The molecule has 126 valence electrons. The second kappa shape index (κ2) is 6.29. The SMILES string of the molecule is O=S(=O)(Nc1ccc(-c2cn3ccsc3n2)cc1)c1ccc(Br)cc1. The first-order chi connectivity index (χ1) is 12.0. The normalized spacial score (nSPS) is 11.7. The molecule has 0 radical (unpaired) electrons. The summed E-state index contributed by atoms with van der Waals surface area (Å²) in [7, 11) is -3.61. The number of anilines is 1. The van der Waals surface area contributed by atoms with Gasteiger partial charge in [0.25, 0.3) is 10.0 Å². The van der Waals surface area contributed by atoms with Crippen molar-refractivity contribution in [2.24, 2.45) is 0 Å². The van der Waals surface area contributed by atoms with Crippen LogP contribution in [0.3, 0.4) is 0 Å². The fraction of sp³-hybridized carbons (Fsp3) is 0. The monoisotopic (exact) mass is 433 g/mol. The summed E-state index contributed by atoms with van der Waals surface area (Å²) in [6.07, 6.45) is 3.91. The van der Waals surface area contributed by atoms with Gasteiger partial charge in [0.15, 0.2) is 4.96 Å². The summed E-state index contributed by atoms with van der Waals surface area (Å²) in [5, 5.41) is 1.98. The Kier molecular flexibility index (Phi) is 4.10. The molecule has 2 aromatic heterocycles. The molecule has 0 amide bonds. The number of aromatic nitrogens is 2. The number of thiazole rings is 1. The Morgan fingerprint density at radius 1 is 1.04 bits per heavy atom. The number of hydrogen-bond acceptors (Lipinski definition) is 4. The zero-order valence-electron chi connectivity index (χ0n) is 12.8. The summed E-state index contributed by atoms with van der Waals surface area (Å²) in [6.45, 7) is 0. The van der Waals surface area contributed by atoms with E-state index in [0.29, 0.717) is 5.69 Å². The highest BCUT2D eigenvalue weighted by Gasteiger charge is 2.14. The van der Waals surface area contributed by atoms with E-state index in [1.165, 1.54) is 0 Å². The second-order valence-electron chi connectivity index (χ2n) is 5.36. The lowest BCUT2D eigenvalue weighted by molar-refractivity contribution is 0.601. The van der Waals surface area contributed by atoms with E-state index in [2.05, 4.69) is 25.6 Å². The highest BCUT2D eigenvalue weighted by molar-refractivity contribution is 9.10. The van der Waals surface area contributed by atoms with Crippen molar-refractivity contribution in [1.29, 1.82) is 0 Å². The Morgan fingerprint density at radius 2 is 1.76 bits per heavy atom. The molecule has 2 heterocycles. The molecule has 4 rings (SSSR count). The Labute approximate surface area is 157 Å². The van der Waals surface area contributed by atoms with Crippen molar-refractivity contribution < 1.29 is 8.42 Å². The Hall–Kier alpha value is -2.16. The average molecular weight is 434 g/mol. The van der Waals surface area contributed by atoms with E-state index in [4.69, 9.17) is 0 Å². The molecule has 0 unspecified atom stereocenters. The molecule has 5 nitrogen and oxygen atoms in total. The summed E-state index contributed by atoms with van der Waals surface area (Å²) in [5.74, 6) is 0. The topological polar surface area (TPSA) is 63.5 Å². The molecular weight excluding hydrogens is 422 g/mol. The van der Waals surface area contributed by atoms with Gasteiger partial charge in [-0.05, 0) is 36.4 Å². The van der Waals surface area contributed by atoms with Gasteiger partial charge in [0.1, 0.15) is 0 Å². The molecule has 8 heteroatoms. The van der Waals surface area contributed by atoms with Crippen LogP contribution in [0.2, 0.25) is 0 Å². The van der Waals surface area contributed by atoms with Crippen LogP contribution in [-0.2, 0) is 10.0 Å². The third kappa shape index (κ3) is 3.33. The molecule has 25 heavy (non-hydrogen) atoms. The third-order valence-electron chi connectivity index (χ3n) is 3.65. The molecule has 0 fully saturated rings. The van der Waals surface area contributed by atoms with Gasteiger partial charge in [-0.3, -0.25) is 9.12 Å². The Balaban J connectivity index is 1.57. The number of nitrogens with one attached hydrogen (secondary N) is 1. The van der Waals surface area contributed by atoms with Crippen LogP contribution in [0.1, 0.15) is 0 Å². The van der Waals surface area contributed by atoms with Crippen molar-refractivity contribution in [3.63, 3.8) is 0 Å². The Morgan fingerprint density at radius 3 is 2.44 bits per heavy atom. The predicted octanol–water partition coefficient (Wildman–Crippen LogP) is 4.63. The molecule has 0 spiro atoms. The van der Waals surface area contributed by atoms with E-state index in [1.807, 2.05) is 34.3 Å². The molecular formula is C17H12BrN3O2S2. The molecule has 0 aliphatic heterocycles. The van der Waals surface area contributed by atoms with Crippen LogP contribution in [-0.4, -0.2) is 17.8 Å². The van der Waals surface area contributed by atoms with Crippen molar-refractivity contribution in [1.82, 2.24) is 9.38 Å². The first-order valence-corrected chi connectivity index (χ1v) is 10.5. The Bertz CT molecular complexity index is 1100. The standard InChI is InChI=1S/C17H12BrN3O2S2/c18-13-3-7-15(8-4-13)25(22,23)20-14-5-1-12(2-6-14)16-11-21-9-10-24-17(21)19-16/h1-11,20H. The minimum atomic E-state index is -3.61. The maximum Gasteiger partial charge on any atom is 0.261 e. The predicted molar refractivity (Wildman–Crippen MR) is 103 cm³/mol. The van der Waals surface area contributed by atoms with Gasteiger partial charge in [0.2, 0.25) is 0 Å². The van der Waals surface area contributed by atoms with Crippen molar-refractivity contribution in [3.05, 3.63) is 70.8 Å². The molecule has 1 N–H and O–H groups in total. The molecule has 0 bridgehead atoms. The number of rotatable bonds is 4. The van der Waals surface area contributed by atoms with Crippen LogP contribution in [0.25, 0.3) is 16.2 Å². The fourth-order valence-corrected chi connectivity index (χ4v) is 4.43. The number of benzene rings is 2. The van der Waals surface area contributed by atoms with Gasteiger partial charge in [-0.15, -0.1) is 11.3 Å². The zero-order valence-corrected chi connectivity index (χ0v) is 16.0. The van der Waals surface area contributed by atoms with E-state index in [-0.39, 0.29) is 4.90 Å². The number of imidazole rings is 1. The molecule has 0 saturated heterocycles. The van der Waals surface area contributed by atoms with E-state index in [0.717, 1.165) is 20.7 Å². The second-order valence-corrected chi connectivity index (χ2v) is 8.83. The molecule has 2 aromatic carbocycles. The lowest BCUT2D eigenvalue weighted by Crippen LogP contribution is -2.12. The zero-order chi connectivity index (χ0) is 17.4. The average Bonchev–Trinajstić information content (AvgIpc) is 3.17. The summed E-state index contributed by atoms with van der Waals surface area (Å²) in [5.41, 5.74) is 2.30. The summed E-state index contributed by atoms with van der Waals surface area (Å²) in [6, 6.07) is 13.7. The van der Waals surface area contributed by atoms with Gasteiger partial charge < -0.3 is 0 Å². The highest BCUT2D eigenvalue weighted by Crippen LogP contribution is 2.24. The number of nitrogens with zero attached hydrogens (tertiary/aromatic N) is 2. The van der Waals surface area contributed by atoms with Crippen LogP contribution >= 0.6 is 27.3 Å². The molecule has 4 aromatic rings. The van der Waals surface area contributed by atoms with Crippen molar-refractivity contribution in [2.45, 2.75) is 4.90 Å². The van der Waals surface area contributed by atoms with Gasteiger partial charge in [-0.25, -0.2) is 13.4 Å². The lowest BCUT2D eigenvalue weighted by Gasteiger charge is -2.08. The van der Waals surface area contributed by atoms with Gasteiger partial charge in [-0.2, -0.15) is 0 Å². The van der Waals surface area contributed by atoms with Crippen molar-refractivity contribution in [2.75, 3.05) is 4.72 Å². The molecule has 0 aliphatic rings. The van der Waals surface area contributed by atoms with Gasteiger partial charge >= 0.3 is 0 Å². The fourth-order valence-electron chi connectivity index (χ4n) is 2.40. The smallest absolute Gasteiger partial charge is 0.261 e. The first kappa shape index (κ1) is 16.3. The summed E-state index contributed by atoms with van der Waals surface area (Å²) in [4.78, 5) is 5.68. The number of fused-ring (bicyclic) bond motifs is 1. The van der Waals surface area contributed by atoms with Crippen molar-refractivity contribution >= 4 is 47.9 Å². The maximum atomic E-state index is 12.4. The van der Waals surface area contributed by atoms with Crippen LogP contribution in [0, 0.1) is 0 Å². The highest BCUT2D eigenvalue weighted by atomic mass is 79.9. The van der Waals surface area contributed by atoms with Crippen LogP contribution in [0.15, 0.2) is 75.7 Å². The number of hydrogen-bond donors (Lipinski definition) is 1. The van der Waals surface area contributed by atoms with E-state index >= 15 is 0 Å². The minimum Gasteiger partial charge on any atom is -0.297 e. The van der Waals surface area contributed by atoms with E-state index in [1.54, 1.807) is 47.7 Å². The number of sulfonamides is 1. The van der Waals surface area contributed by atoms with E-state index in [9.17, 15) is 8.42 Å². The maximum absolute atomic E-state index is 12.4. The van der Waals surface area contributed by atoms with Crippen LogP contribution in [0.5, 0.6) is 0 Å². The largest absolute Gasteiger partial charge is 0.297 e. The molecule has 0 atom stereocenters. The quantitative estimate of drug-likeness (QED) is 0.510. The van der Waals surface area contributed by atoms with Gasteiger partial charge in [0.05, 0.1) is 10.6 Å².